The zero-order valence-electron chi connectivity index (χ0n) is 9.29. The molecule has 1 rings (SSSR count). The highest BCUT2D eigenvalue weighted by Crippen LogP contribution is 2.08. The van der Waals surface area contributed by atoms with E-state index in [-0.39, 0.29) is 6.42 Å². The van der Waals surface area contributed by atoms with Gasteiger partial charge in [0.2, 0.25) is 0 Å². The summed E-state index contributed by atoms with van der Waals surface area (Å²) in [7, 11) is 0. The number of carboxylic acid groups (broad SMARTS) is 2. The summed E-state index contributed by atoms with van der Waals surface area (Å²) in [5.74, 6) is -4.15. The van der Waals surface area contributed by atoms with Crippen LogP contribution in [0.5, 0.6) is 0 Å². The molecule has 1 aliphatic rings. The quantitative estimate of drug-likeness (QED) is 0.482. The maximum Gasteiger partial charge on any atom is 0.356 e. The molecule has 0 aromatic carbocycles. The first-order chi connectivity index (χ1) is 8.00. The Kier molecular flexibility index (Phi) is 4.89. The van der Waals surface area contributed by atoms with Gasteiger partial charge in [0, 0.05) is 6.54 Å². The molecule has 0 aliphatic carbocycles. The number of hydrogen-bond acceptors (Lipinski definition) is 5. The molecule has 0 unspecified atom stereocenters. The van der Waals surface area contributed by atoms with Gasteiger partial charge in [-0.25, -0.2) is 9.59 Å². The molecule has 7 nitrogen and oxygen atoms in total. The number of aliphatic carboxylic acids is 2. The predicted molar refractivity (Wildman–Crippen MR) is 55.4 cm³/mol. The Bertz CT molecular complexity index is 296. The summed E-state index contributed by atoms with van der Waals surface area (Å²) in [6.45, 7) is 2.30. The Morgan fingerprint density at radius 2 is 1.65 bits per heavy atom. The van der Waals surface area contributed by atoms with E-state index in [9.17, 15) is 14.4 Å². The van der Waals surface area contributed by atoms with Crippen molar-refractivity contribution in [2.24, 2.45) is 0 Å². The Hall–Kier alpha value is -1.63. The number of carbonyl (C=O) groups excluding carboxylic acids is 1. The summed E-state index contributed by atoms with van der Waals surface area (Å²) in [4.78, 5) is 34.2. The largest absolute Gasteiger partial charge is 0.478 e. The van der Waals surface area contributed by atoms with E-state index in [2.05, 4.69) is 9.64 Å². The van der Waals surface area contributed by atoms with Crippen molar-refractivity contribution in [1.82, 2.24) is 4.90 Å². The zero-order valence-corrected chi connectivity index (χ0v) is 9.29. The number of carbonyl (C=O) groups is 3. The second-order valence-electron chi connectivity index (χ2n) is 3.85. The number of carboxylic acids is 2. The monoisotopic (exact) mass is 245 g/mol. The molecule has 1 heterocycles. The lowest BCUT2D eigenvalue weighted by atomic mass is 10.3. The van der Waals surface area contributed by atoms with Crippen molar-refractivity contribution in [3.05, 3.63) is 0 Å². The molecule has 1 saturated heterocycles. The minimum Gasteiger partial charge on any atom is -0.478 e. The van der Waals surface area contributed by atoms with Gasteiger partial charge in [0.15, 0.2) is 0 Å². The topological polar surface area (TPSA) is 104 Å². The van der Waals surface area contributed by atoms with Crippen molar-refractivity contribution in [2.45, 2.75) is 25.4 Å². The third-order valence-corrected chi connectivity index (χ3v) is 2.53. The average Bonchev–Trinajstić information content (AvgIpc) is 2.74. The van der Waals surface area contributed by atoms with Crippen LogP contribution in [0.25, 0.3) is 0 Å². The van der Waals surface area contributed by atoms with E-state index in [1.165, 1.54) is 0 Å². The molecule has 0 amide bonds. The first-order valence-corrected chi connectivity index (χ1v) is 5.38. The summed E-state index contributed by atoms with van der Waals surface area (Å²) in [6.07, 6.45) is 0.0713. The highest BCUT2D eigenvalue weighted by atomic mass is 16.6. The van der Waals surface area contributed by atoms with Gasteiger partial charge in [-0.3, -0.25) is 4.79 Å². The minimum atomic E-state index is -2.11. The van der Waals surface area contributed by atoms with Crippen LogP contribution in [0.2, 0.25) is 0 Å². The van der Waals surface area contributed by atoms with E-state index < -0.39 is 24.0 Å². The maximum absolute atomic E-state index is 11.2. The number of hydrogen-bond donors (Lipinski definition) is 2. The van der Waals surface area contributed by atoms with Gasteiger partial charge < -0.3 is 19.8 Å². The van der Waals surface area contributed by atoms with Gasteiger partial charge in [-0.05, 0) is 25.9 Å². The van der Waals surface area contributed by atoms with Gasteiger partial charge in [0.1, 0.15) is 0 Å². The second kappa shape index (κ2) is 6.19. The van der Waals surface area contributed by atoms with E-state index in [1.54, 1.807) is 0 Å². The molecule has 0 radical (unpaired) electrons. The van der Waals surface area contributed by atoms with Crippen molar-refractivity contribution in [3.8, 4) is 0 Å². The molecular formula is C10H15NO6. The van der Waals surface area contributed by atoms with Crippen LogP contribution in [0.1, 0.15) is 19.3 Å². The number of esters is 1. The summed E-state index contributed by atoms with van der Waals surface area (Å²) < 4.78 is 4.37. The van der Waals surface area contributed by atoms with Crippen LogP contribution in [0.3, 0.4) is 0 Å². The number of ether oxygens (including phenoxy) is 1. The van der Waals surface area contributed by atoms with Gasteiger partial charge in [0.05, 0.1) is 6.42 Å². The Labute approximate surface area is 98.0 Å². The van der Waals surface area contributed by atoms with Crippen LogP contribution >= 0.6 is 0 Å². The standard InChI is InChI=1S/C10H15NO6/c12-7(3-6-11-4-1-2-5-11)17-8(9(13)14)10(15)16/h8H,1-6H2,(H,13,14)(H,15,16). The van der Waals surface area contributed by atoms with Crippen molar-refractivity contribution >= 4 is 17.9 Å². The molecule has 0 bridgehead atoms. The molecule has 96 valence electrons. The van der Waals surface area contributed by atoms with Gasteiger partial charge in [-0.15, -0.1) is 0 Å². The fourth-order valence-corrected chi connectivity index (χ4v) is 1.65. The minimum absolute atomic E-state index is 0.0110. The Morgan fingerprint density at radius 3 is 2.12 bits per heavy atom. The van der Waals surface area contributed by atoms with Crippen LogP contribution in [-0.2, 0) is 19.1 Å². The molecule has 7 heteroatoms. The van der Waals surface area contributed by atoms with Crippen molar-refractivity contribution < 1.29 is 29.3 Å². The third-order valence-electron chi connectivity index (χ3n) is 2.53. The van der Waals surface area contributed by atoms with Crippen molar-refractivity contribution in [2.75, 3.05) is 19.6 Å². The highest BCUT2D eigenvalue weighted by molar-refractivity contribution is 5.97. The lowest BCUT2D eigenvalue weighted by Gasteiger charge is -2.14. The molecule has 1 aliphatic heterocycles. The van der Waals surface area contributed by atoms with E-state index in [0.717, 1.165) is 25.9 Å². The summed E-state index contributed by atoms with van der Waals surface area (Å²) >= 11 is 0. The Morgan fingerprint density at radius 1 is 1.12 bits per heavy atom. The smallest absolute Gasteiger partial charge is 0.356 e. The molecule has 17 heavy (non-hydrogen) atoms. The average molecular weight is 245 g/mol. The predicted octanol–water partition coefficient (Wildman–Crippen LogP) is -0.447. The van der Waals surface area contributed by atoms with E-state index >= 15 is 0 Å². The fraction of sp³-hybridized carbons (Fsp3) is 0.700. The first-order valence-electron chi connectivity index (χ1n) is 5.38. The highest BCUT2D eigenvalue weighted by Gasteiger charge is 2.30. The van der Waals surface area contributed by atoms with Gasteiger partial charge in [0.25, 0.3) is 6.10 Å². The molecule has 0 saturated carbocycles. The van der Waals surface area contributed by atoms with Crippen molar-refractivity contribution in [3.63, 3.8) is 0 Å². The zero-order chi connectivity index (χ0) is 12.8. The number of nitrogens with zero attached hydrogens (tertiary/aromatic N) is 1. The SMILES string of the molecule is O=C(CCN1CCCC1)OC(C(=O)O)C(=O)O. The molecule has 2 N–H and O–H groups in total. The lowest BCUT2D eigenvalue weighted by molar-refractivity contribution is -0.174. The molecule has 0 spiro atoms. The molecule has 0 aromatic heterocycles. The first kappa shape index (κ1) is 13.4. The summed E-state index contributed by atoms with van der Waals surface area (Å²) in [5.41, 5.74) is 0. The van der Waals surface area contributed by atoms with Crippen LogP contribution in [0.4, 0.5) is 0 Å². The summed E-state index contributed by atoms with van der Waals surface area (Å²) in [5, 5.41) is 17.0. The van der Waals surface area contributed by atoms with Crippen LogP contribution < -0.4 is 0 Å². The molecule has 0 atom stereocenters. The Balaban J connectivity index is 2.31. The molecule has 0 aromatic rings. The summed E-state index contributed by atoms with van der Waals surface area (Å²) in [6, 6.07) is 0. The van der Waals surface area contributed by atoms with E-state index in [0.29, 0.717) is 6.54 Å². The van der Waals surface area contributed by atoms with Crippen LogP contribution in [0, 0.1) is 0 Å². The lowest BCUT2D eigenvalue weighted by Crippen LogP contribution is -2.35. The number of rotatable bonds is 6. The van der Waals surface area contributed by atoms with Gasteiger partial charge in [-0.2, -0.15) is 0 Å². The number of likely N-dealkylation sites (tertiary alicyclic amines) is 1. The van der Waals surface area contributed by atoms with Crippen LogP contribution in [-0.4, -0.2) is 58.8 Å². The fourth-order valence-electron chi connectivity index (χ4n) is 1.65. The maximum atomic E-state index is 11.2. The van der Waals surface area contributed by atoms with Gasteiger partial charge >= 0.3 is 17.9 Å². The normalized spacial score (nSPS) is 16.1. The third kappa shape index (κ3) is 4.39. The van der Waals surface area contributed by atoms with Crippen LogP contribution in [0.15, 0.2) is 0 Å². The second-order valence-corrected chi connectivity index (χ2v) is 3.85. The van der Waals surface area contributed by atoms with E-state index in [4.69, 9.17) is 10.2 Å². The van der Waals surface area contributed by atoms with Gasteiger partial charge in [-0.1, -0.05) is 0 Å². The molecule has 1 fully saturated rings. The van der Waals surface area contributed by atoms with Crippen molar-refractivity contribution in [1.29, 1.82) is 0 Å². The van der Waals surface area contributed by atoms with E-state index in [1.807, 2.05) is 0 Å². The molecular weight excluding hydrogens is 230 g/mol.